The molecule has 0 aromatic heterocycles. The Morgan fingerprint density at radius 2 is 1.80 bits per heavy atom. The third-order valence-electron chi connectivity index (χ3n) is 4.28. The van der Waals surface area contributed by atoms with Gasteiger partial charge >= 0.3 is 0 Å². The summed E-state index contributed by atoms with van der Waals surface area (Å²) in [5.74, 6) is 0.951. The van der Waals surface area contributed by atoms with Gasteiger partial charge in [-0.25, -0.2) is 0 Å². The predicted octanol–water partition coefficient (Wildman–Crippen LogP) is 4.40. The van der Waals surface area contributed by atoms with Gasteiger partial charge in [-0.15, -0.1) is 0 Å². The molecule has 2 N–H and O–H groups in total. The number of rotatable bonds is 3. The van der Waals surface area contributed by atoms with Crippen LogP contribution in [0.3, 0.4) is 0 Å². The molecule has 1 saturated carbocycles. The standard InChI is InChI=1S/C18H29NO/c1-17(2,3)13-14-8-9-16(20-4)15(12-14)18(19)10-6-5-7-11-18/h8-9,12H,5-7,10-11,13,19H2,1-4H3. The second-order valence-electron chi connectivity index (χ2n) is 7.49. The Morgan fingerprint density at radius 1 is 1.15 bits per heavy atom. The van der Waals surface area contributed by atoms with Crippen LogP contribution in [0.1, 0.15) is 64.0 Å². The summed E-state index contributed by atoms with van der Waals surface area (Å²) in [5.41, 5.74) is 9.38. The summed E-state index contributed by atoms with van der Waals surface area (Å²) in [7, 11) is 1.74. The first-order chi connectivity index (χ1) is 9.34. The monoisotopic (exact) mass is 275 g/mol. The first-order valence-electron chi connectivity index (χ1n) is 7.80. The molecule has 1 aliphatic rings. The summed E-state index contributed by atoms with van der Waals surface area (Å²) in [5, 5.41) is 0. The first kappa shape index (κ1) is 15.4. The van der Waals surface area contributed by atoms with E-state index in [1.54, 1.807) is 7.11 Å². The van der Waals surface area contributed by atoms with Gasteiger partial charge in [-0.3, -0.25) is 0 Å². The fraction of sp³-hybridized carbons (Fsp3) is 0.667. The summed E-state index contributed by atoms with van der Waals surface area (Å²) in [4.78, 5) is 0. The molecule has 2 rings (SSSR count). The van der Waals surface area contributed by atoms with Crippen LogP contribution in [0.4, 0.5) is 0 Å². The van der Waals surface area contributed by atoms with Gasteiger partial charge in [-0.05, 0) is 36.3 Å². The van der Waals surface area contributed by atoms with Gasteiger partial charge in [0.2, 0.25) is 0 Å². The van der Waals surface area contributed by atoms with Crippen molar-refractivity contribution in [1.82, 2.24) is 0 Å². The third-order valence-corrected chi connectivity index (χ3v) is 4.28. The van der Waals surface area contributed by atoms with Crippen LogP contribution in [0.25, 0.3) is 0 Å². The average molecular weight is 275 g/mol. The fourth-order valence-corrected chi connectivity index (χ4v) is 3.32. The number of ether oxygens (including phenoxy) is 1. The van der Waals surface area contributed by atoms with E-state index < -0.39 is 0 Å². The Morgan fingerprint density at radius 3 is 2.35 bits per heavy atom. The highest BCUT2D eigenvalue weighted by Crippen LogP contribution is 2.40. The zero-order valence-corrected chi connectivity index (χ0v) is 13.5. The van der Waals surface area contributed by atoms with E-state index >= 15 is 0 Å². The number of hydrogen-bond donors (Lipinski definition) is 1. The highest BCUT2D eigenvalue weighted by molar-refractivity contribution is 5.42. The molecule has 0 amide bonds. The molecule has 0 unspecified atom stereocenters. The molecule has 20 heavy (non-hydrogen) atoms. The maximum atomic E-state index is 6.71. The summed E-state index contributed by atoms with van der Waals surface area (Å²) in [6, 6.07) is 6.56. The van der Waals surface area contributed by atoms with E-state index in [0.717, 1.165) is 25.0 Å². The SMILES string of the molecule is COc1ccc(CC(C)(C)C)cc1C1(N)CCCCC1. The largest absolute Gasteiger partial charge is 0.496 e. The Labute approximate surface area is 123 Å². The minimum absolute atomic E-state index is 0.197. The van der Waals surface area contributed by atoms with Gasteiger partial charge in [0, 0.05) is 11.1 Å². The van der Waals surface area contributed by atoms with Crippen LogP contribution in [-0.2, 0) is 12.0 Å². The predicted molar refractivity (Wildman–Crippen MR) is 85.1 cm³/mol. The second-order valence-corrected chi connectivity index (χ2v) is 7.49. The molecule has 0 bridgehead atoms. The van der Waals surface area contributed by atoms with E-state index in [-0.39, 0.29) is 5.54 Å². The molecule has 0 saturated heterocycles. The number of hydrogen-bond acceptors (Lipinski definition) is 2. The lowest BCUT2D eigenvalue weighted by Crippen LogP contribution is -2.39. The molecule has 1 aliphatic carbocycles. The molecule has 0 aliphatic heterocycles. The lowest BCUT2D eigenvalue weighted by Gasteiger charge is -2.35. The Bertz CT molecular complexity index is 453. The van der Waals surface area contributed by atoms with Crippen LogP contribution < -0.4 is 10.5 Å². The molecule has 0 spiro atoms. The molecule has 2 heteroatoms. The van der Waals surface area contributed by atoms with Crippen LogP contribution in [-0.4, -0.2) is 7.11 Å². The highest BCUT2D eigenvalue weighted by atomic mass is 16.5. The minimum Gasteiger partial charge on any atom is -0.496 e. The smallest absolute Gasteiger partial charge is 0.123 e. The van der Waals surface area contributed by atoms with E-state index in [0.29, 0.717) is 5.41 Å². The summed E-state index contributed by atoms with van der Waals surface area (Å²) in [6.45, 7) is 6.82. The van der Waals surface area contributed by atoms with E-state index in [1.807, 2.05) is 0 Å². The number of benzene rings is 1. The molecule has 2 nitrogen and oxygen atoms in total. The molecular formula is C18H29NO. The van der Waals surface area contributed by atoms with Crippen LogP contribution in [0.2, 0.25) is 0 Å². The van der Waals surface area contributed by atoms with Crippen molar-refractivity contribution in [2.45, 2.75) is 64.8 Å². The van der Waals surface area contributed by atoms with Crippen molar-refractivity contribution in [1.29, 1.82) is 0 Å². The van der Waals surface area contributed by atoms with E-state index in [1.165, 1.54) is 30.4 Å². The van der Waals surface area contributed by atoms with Gasteiger partial charge in [0.05, 0.1) is 7.11 Å². The topological polar surface area (TPSA) is 35.2 Å². The van der Waals surface area contributed by atoms with Crippen molar-refractivity contribution in [3.8, 4) is 5.75 Å². The Kier molecular flexibility index (Phi) is 4.43. The molecule has 112 valence electrons. The Hall–Kier alpha value is -1.02. The van der Waals surface area contributed by atoms with E-state index in [2.05, 4.69) is 39.0 Å². The van der Waals surface area contributed by atoms with Gasteiger partial charge in [-0.1, -0.05) is 52.2 Å². The third kappa shape index (κ3) is 3.54. The molecule has 0 radical (unpaired) electrons. The maximum Gasteiger partial charge on any atom is 0.123 e. The van der Waals surface area contributed by atoms with Gasteiger partial charge in [0.25, 0.3) is 0 Å². The van der Waals surface area contributed by atoms with Crippen LogP contribution >= 0.6 is 0 Å². The maximum absolute atomic E-state index is 6.71. The Balaban J connectivity index is 2.36. The molecule has 1 fully saturated rings. The molecule has 0 atom stereocenters. The van der Waals surface area contributed by atoms with Crippen molar-refractivity contribution in [2.75, 3.05) is 7.11 Å². The normalized spacial score (nSPS) is 18.9. The fourth-order valence-electron chi connectivity index (χ4n) is 3.32. The lowest BCUT2D eigenvalue weighted by molar-refractivity contribution is 0.288. The van der Waals surface area contributed by atoms with Crippen LogP contribution in [0.15, 0.2) is 18.2 Å². The molecule has 1 aromatic rings. The van der Waals surface area contributed by atoms with Crippen molar-refractivity contribution in [3.05, 3.63) is 29.3 Å². The van der Waals surface area contributed by atoms with Crippen LogP contribution in [0, 0.1) is 5.41 Å². The number of methoxy groups -OCH3 is 1. The number of nitrogens with two attached hydrogens (primary N) is 1. The van der Waals surface area contributed by atoms with Gasteiger partial charge in [0.15, 0.2) is 0 Å². The van der Waals surface area contributed by atoms with Gasteiger partial charge < -0.3 is 10.5 Å². The zero-order chi connectivity index (χ0) is 14.8. The lowest BCUT2D eigenvalue weighted by atomic mass is 9.76. The summed E-state index contributed by atoms with van der Waals surface area (Å²) in [6.07, 6.45) is 6.97. The van der Waals surface area contributed by atoms with Crippen molar-refractivity contribution in [3.63, 3.8) is 0 Å². The highest BCUT2D eigenvalue weighted by Gasteiger charge is 2.32. The first-order valence-corrected chi connectivity index (χ1v) is 7.80. The second kappa shape index (κ2) is 5.77. The van der Waals surface area contributed by atoms with Gasteiger partial charge in [0.1, 0.15) is 5.75 Å². The van der Waals surface area contributed by atoms with Crippen molar-refractivity contribution in [2.24, 2.45) is 11.1 Å². The quantitative estimate of drug-likeness (QED) is 0.887. The minimum atomic E-state index is -0.197. The average Bonchev–Trinajstić information content (AvgIpc) is 2.38. The summed E-state index contributed by atoms with van der Waals surface area (Å²) < 4.78 is 5.57. The van der Waals surface area contributed by atoms with Crippen LogP contribution in [0.5, 0.6) is 5.75 Å². The van der Waals surface area contributed by atoms with Crippen molar-refractivity contribution < 1.29 is 4.74 Å². The van der Waals surface area contributed by atoms with E-state index in [9.17, 15) is 0 Å². The zero-order valence-electron chi connectivity index (χ0n) is 13.5. The molecular weight excluding hydrogens is 246 g/mol. The molecule has 0 heterocycles. The van der Waals surface area contributed by atoms with Crippen molar-refractivity contribution >= 4 is 0 Å². The molecule has 1 aromatic carbocycles. The van der Waals surface area contributed by atoms with Gasteiger partial charge in [-0.2, -0.15) is 0 Å². The van der Waals surface area contributed by atoms with E-state index in [4.69, 9.17) is 10.5 Å². The summed E-state index contributed by atoms with van der Waals surface area (Å²) >= 11 is 0.